The molecule has 1 heterocycles. The van der Waals surface area contributed by atoms with Gasteiger partial charge in [0.15, 0.2) is 0 Å². The number of carbonyl (C=O) groups excluding carboxylic acids is 3. The summed E-state index contributed by atoms with van der Waals surface area (Å²) in [6.07, 6.45) is 6.33. The van der Waals surface area contributed by atoms with Gasteiger partial charge in [-0.3, -0.25) is 18.9 Å². The normalized spacial score (nSPS) is 37.2. The van der Waals surface area contributed by atoms with Gasteiger partial charge in [0.05, 0.1) is 22.1 Å². The molecule has 4 bridgehead atoms. The van der Waals surface area contributed by atoms with E-state index >= 15 is 0 Å². The third-order valence-electron chi connectivity index (χ3n) is 10.7. The summed E-state index contributed by atoms with van der Waals surface area (Å²) in [5, 5.41) is 1.16. The zero-order valence-corrected chi connectivity index (χ0v) is 23.7. The highest BCUT2D eigenvalue weighted by atomic mass is 32.2. The van der Waals surface area contributed by atoms with E-state index in [0.29, 0.717) is 29.0 Å². The van der Waals surface area contributed by atoms with Crippen LogP contribution < -0.4 is 4.74 Å². The van der Waals surface area contributed by atoms with Crippen LogP contribution >= 0.6 is 0 Å². The first kappa shape index (κ1) is 26.9. The number of benzene rings is 2. The predicted molar refractivity (Wildman–Crippen MR) is 145 cm³/mol. The summed E-state index contributed by atoms with van der Waals surface area (Å²) in [5.41, 5.74) is -0.484. The topological polar surface area (TPSA) is 133 Å². The molecular formula is C31H34O9S. The number of hydrogen-bond donors (Lipinski definition) is 1. The second-order valence-corrected chi connectivity index (χ2v) is 14.3. The molecule has 2 aromatic rings. The Bertz CT molecular complexity index is 1550. The van der Waals surface area contributed by atoms with Gasteiger partial charge in [-0.05, 0) is 79.0 Å². The summed E-state index contributed by atoms with van der Waals surface area (Å²) in [7, 11) is -4.35. The maximum Gasteiger partial charge on any atom is 0.315 e. The molecule has 9 nitrogen and oxygen atoms in total. The van der Waals surface area contributed by atoms with Gasteiger partial charge in [-0.2, -0.15) is 8.42 Å². The van der Waals surface area contributed by atoms with Crippen molar-refractivity contribution in [1.29, 1.82) is 0 Å². The minimum absolute atomic E-state index is 0.176. The molecule has 41 heavy (non-hydrogen) atoms. The van der Waals surface area contributed by atoms with Gasteiger partial charge in [0.2, 0.25) is 0 Å². The molecule has 0 aromatic heterocycles. The van der Waals surface area contributed by atoms with E-state index in [1.165, 1.54) is 24.6 Å². The molecule has 9 atom stereocenters. The van der Waals surface area contributed by atoms with E-state index in [1.807, 2.05) is 0 Å². The van der Waals surface area contributed by atoms with Gasteiger partial charge in [-0.1, -0.05) is 38.3 Å². The van der Waals surface area contributed by atoms with E-state index in [4.69, 9.17) is 14.2 Å². The van der Waals surface area contributed by atoms with Crippen molar-refractivity contribution in [1.82, 2.24) is 0 Å². The maximum atomic E-state index is 13.8. The first-order chi connectivity index (χ1) is 19.6. The molecule has 218 valence electrons. The van der Waals surface area contributed by atoms with Gasteiger partial charge in [0.1, 0.15) is 18.0 Å². The van der Waals surface area contributed by atoms with Gasteiger partial charge < -0.3 is 14.2 Å². The zero-order valence-electron chi connectivity index (χ0n) is 22.9. The molecule has 1 aliphatic heterocycles. The van der Waals surface area contributed by atoms with Crippen molar-refractivity contribution in [2.45, 2.75) is 75.4 Å². The van der Waals surface area contributed by atoms with Crippen LogP contribution in [0.3, 0.4) is 0 Å². The quantitative estimate of drug-likeness (QED) is 0.292. The fraction of sp³-hybridized carbons (Fsp3) is 0.581. The fourth-order valence-corrected chi connectivity index (χ4v) is 9.40. The molecule has 0 radical (unpaired) electrons. The molecule has 10 heteroatoms. The van der Waals surface area contributed by atoms with Crippen molar-refractivity contribution in [3.63, 3.8) is 0 Å². The van der Waals surface area contributed by atoms with Crippen LogP contribution in [0, 0.1) is 40.9 Å². The van der Waals surface area contributed by atoms with Crippen LogP contribution in [0.15, 0.2) is 41.3 Å². The van der Waals surface area contributed by atoms with Crippen molar-refractivity contribution in [3.8, 4) is 5.75 Å². The Hall–Kier alpha value is -2.98. The van der Waals surface area contributed by atoms with Crippen molar-refractivity contribution >= 4 is 38.8 Å². The van der Waals surface area contributed by atoms with Gasteiger partial charge in [0, 0.05) is 11.8 Å². The van der Waals surface area contributed by atoms with E-state index in [2.05, 4.69) is 6.92 Å². The molecular weight excluding hydrogens is 548 g/mol. The highest BCUT2D eigenvalue weighted by Gasteiger charge is 2.70. The maximum absolute atomic E-state index is 13.8. The van der Waals surface area contributed by atoms with Crippen LogP contribution in [0.5, 0.6) is 5.75 Å². The number of esters is 3. The molecule has 0 amide bonds. The Labute approximate surface area is 238 Å². The summed E-state index contributed by atoms with van der Waals surface area (Å²) in [4.78, 5) is 40.1. The van der Waals surface area contributed by atoms with Gasteiger partial charge in [-0.15, -0.1) is 0 Å². The summed E-state index contributed by atoms with van der Waals surface area (Å²) in [6.45, 7) is 2.18. The number of carbonyl (C=O) groups is 3. The average molecular weight is 583 g/mol. The second-order valence-electron chi connectivity index (χ2n) is 12.9. The Morgan fingerprint density at radius 3 is 2.63 bits per heavy atom. The third-order valence-corrected chi connectivity index (χ3v) is 11.5. The number of ether oxygens (including phenoxy) is 3. The Morgan fingerprint density at radius 1 is 1.07 bits per heavy atom. The average Bonchev–Trinajstić information content (AvgIpc) is 3.56. The smallest absolute Gasteiger partial charge is 0.315 e. The molecule has 7 rings (SSSR count). The summed E-state index contributed by atoms with van der Waals surface area (Å²) >= 11 is 0. The molecule has 2 aromatic carbocycles. The Balaban J connectivity index is 1.11. The van der Waals surface area contributed by atoms with Crippen molar-refractivity contribution in [3.05, 3.63) is 36.4 Å². The van der Waals surface area contributed by atoms with Gasteiger partial charge in [0.25, 0.3) is 10.1 Å². The highest BCUT2D eigenvalue weighted by molar-refractivity contribution is 7.85. The van der Waals surface area contributed by atoms with Crippen LogP contribution in [0.4, 0.5) is 0 Å². The third kappa shape index (κ3) is 4.36. The van der Waals surface area contributed by atoms with Crippen molar-refractivity contribution < 1.29 is 41.6 Å². The van der Waals surface area contributed by atoms with Crippen LogP contribution in [0.2, 0.25) is 0 Å². The molecule has 5 fully saturated rings. The summed E-state index contributed by atoms with van der Waals surface area (Å²) in [6, 6.07) is 8.88. The highest BCUT2D eigenvalue weighted by Crippen LogP contribution is 2.60. The lowest BCUT2D eigenvalue weighted by Crippen LogP contribution is -2.49. The predicted octanol–water partition coefficient (Wildman–Crippen LogP) is 4.71. The number of rotatable bonds is 6. The largest absolute Gasteiger partial charge is 0.458 e. The molecule has 0 spiro atoms. The fourth-order valence-electron chi connectivity index (χ4n) is 8.89. The minimum atomic E-state index is -4.35. The van der Waals surface area contributed by atoms with E-state index in [1.54, 1.807) is 18.2 Å². The number of hydrogen-bond acceptors (Lipinski definition) is 8. The lowest BCUT2D eigenvalue weighted by atomic mass is 9.58. The second kappa shape index (κ2) is 9.52. The lowest BCUT2D eigenvalue weighted by molar-refractivity contribution is -0.180. The molecule has 4 aliphatic carbocycles. The minimum Gasteiger partial charge on any atom is -0.458 e. The van der Waals surface area contributed by atoms with E-state index in [0.717, 1.165) is 38.5 Å². The molecule has 5 aliphatic rings. The zero-order chi connectivity index (χ0) is 28.7. The van der Waals surface area contributed by atoms with E-state index < -0.39 is 51.5 Å². The molecule has 1 N–H and O–H groups in total. The van der Waals surface area contributed by atoms with Crippen LogP contribution in [0.25, 0.3) is 10.8 Å². The van der Waals surface area contributed by atoms with Crippen LogP contribution in [-0.4, -0.2) is 43.1 Å². The Morgan fingerprint density at radius 2 is 1.85 bits per heavy atom. The molecule has 1 saturated heterocycles. The summed E-state index contributed by atoms with van der Waals surface area (Å²) < 4.78 is 50.0. The number of fused-ring (bicyclic) bond motifs is 4. The summed E-state index contributed by atoms with van der Waals surface area (Å²) in [5.74, 6) is -1.78. The van der Waals surface area contributed by atoms with Gasteiger partial charge in [-0.25, -0.2) is 0 Å². The SMILES string of the molecule is CCC1CC2CCCC(C(=O)OC3C4CC5C3OC(=O)C5C4C(=O)Oc3ccc4cc(S(=O)(=O)O)ccc4c3)(C1)C2. The monoisotopic (exact) mass is 582 g/mol. The molecule has 4 saturated carbocycles. The van der Waals surface area contributed by atoms with Crippen molar-refractivity contribution in [2.24, 2.45) is 40.9 Å². The first-order valence-electron chi connectivity index (χ1n) is 14.7. The lowest BCUT2D eigenvalue weighted by Gasteiger charge is -2.47. The molecule has 9 unspecified atom stereocenters. The van der Waals surface area contributed by atoms with Crippen molar-refractivity contribution in [2.75, 3.05) is 0 Å². The van der Waals surface area contributed by atoms with E-state index in [9.17, 15) is 27.4 Å². The Kier molecular flexibility index (Phi) is 6.25. The van der Waals surface area contributed by atoms with Crippen LogP contribution in [-0.2, 0) is 34.0 Å². The van der Waals surface area contributed by atoms with Crippen LogP contribution in [0.1, 0.15) is 58.3 Å². The standard InChI is InChI=1S/C31H34O9S/c1-2-16-10-17-4-3-9-31(14-16,15-17)30(34)40-27-23-13-22-25(29(33)39-26(22)27)24(23)28(32)38-20-7-5-19-12-21(41(35,36)37)8-6-18(19)11-20/h5-8,11-12,16-17,22-27H,2-4,9-10,13-15H2,1H3,(H,35,36,37). The van der Waals surface area contributed by atoms with Gasteiger partial charge >= 0.3 is 17.9 Å². The first-order valence-corrected chi connectivity index (χ1v) is 16.1. The van der Waals surface area contributed by atoms with E-state index in [-0.39, 0.29) is 28.5 Å².